The fourth-order valence-electron chi connectivity index (χ4n) is 3.11. The molecule has 4 heterocycles. The first-order chi connectivity index (χ1) is 13.5. The molecule has 0 saturated carbocycles. The minimum atomic E-state index is -0.267. The number of pyridine rings is 2. The molecule has 1 aliphatic heterocycles. The first-order valence-corrected chi connectivity index (χ1v) is 8.71. The molecule has 1 atom stereocenters. The van der Waals surface area contributed by atoms with Crippen molar-refractivity contribution in [2.24, 2.45) is 5.73 Å². The van der Waals surface area contributed by atoms with Crippen molar-refractivity contribution in [1.29, 1.82) is 0 Å². The molecule has 0 saturated heterocycles. The van der Waals surface area contributed by atoms with Crippen LogP contribution in [0.5, 0.6) is 11.6 Å². The van der Waals surface area contributed by atoms with Gasteiger partial charge in [0, 0.05) is 11.8 Å². The molecule has 1 amide bonds. The fourth-order valence-corrected chi connectivity index (χ4v) is 3.11. The summed E-state index contributed by atoms with van der Waals surface area (Å²) in [6.07, 6.45) is 4.79. The number of hydrogen-bond donors (Lipinski definition) is 1. The number of nitrogens with two attached hydrogens (primary N) is 1. The molecule has 9 heteroatoms. The normalized spacial score (nSPS) is 14.1. The van der Waals surface area contributed by atoms with E-state index in [1.54, 1.807) is 47.4 Å². The van der Waals surface area contributed by atoms with Crippen molar-refractivity contribution in [1.82, 2.24) is 19.7 Å². The molecule has 2 N–H and O–H groups in total. The third kappa shape index (κ3) is 2.95. The van der Waals surface area contributed by atoms with Crippen LogP contribution in [0.1, 0.15) is 29.1 Å². The first-order valence-electron chi connectivity index (χ1n) is 8.71. The van der Waals surface area contributed by atoms with Crippen LogP contribution in [0.15, 0.2) is 36.8 Å². The second-order valence-electron chi connectivity index (χ2n) is 6.44. The van der Waals surface area contributed by atoms with E-state index in [4.69, 9.17) is 15.2 Å². The Bertz CT molecular complexity index is 1050. The summed E-state index contributed by atoms with van der Waals surface area (Å²) in [7, 11) is 3.09. The van der Waals surface area contributed by atoms with Crippen molar-refractivity contribution in [3.8, 4) is 22.9 Å². The largest absolute Gasteiger partial charge is 0.491 e. The van der Waals surface area contributed by atoms with Gasteiger partial charge in [-0.2, -0.15) is 5.10 Å². The summed E-state index contributed by atoms with van der Waals surface area (Å²) in [5, 5.41) is 4.20. The molecule has 0 spiro atoms. The van der Waals surface area contributed by atoms with Crippen molar-refractivity contribution < 1.29 is 14.3 Å². The monoisotopic (exact) mass is 380 g/mol. The van der Waals surface area contributed by atoms with Crippen LogP contribution in [0.25, 0.3) is 11.3 Å². The van der Waals surface area contributed by atoms with Gasteiger partial charge in [0.05, 0.1) is 62.0 Å². The van der Waals surface area contributed by atoms with E-state index in [0.717, 1.165) is 5.56 Å². The summed E-state index contributed by atoms with van der Waals surface area (Å²) in [5.41, 5.74) is 9.27. The highest BCUT2D eigenvalue weighted by atomic mass is 16.5. The quantitative estimate of drug-likeness (QED) is 0.721. The van der Waals surface area contributed by atoms with Gasteiger partial charge in [-0.25, -0.2) is 4.98 Å². The predicted octanol–water partition coefficient (Wildman–Crippen LogP) is 1.99. The molecule has 3 aromatic rings. The summed E-state index contributed by atoms with van der Waals surface area (Å²) in [6.45, 7) is 2.19. The molecule has 0 unspecified atom stereocenters. The third-order valence-corrected chi connectivity index (χ3v) is 4.60. The van der Waals surface area contributed by atoms with Gasteiger partial charge < -0.3 is 15.2 Å². The lowest BCUT2D eigenvalue weighted by atomic mass is 10.1. The van der Waals surface area contributed by atoms with Crippen LogP contribution in [-0.2, 0) is 6.54 Å². The maximum absolute atomic E-state index is 12.8. The fraction of sp³-hybridized carbons (Fsp3) is 0.263. The number of fused-ring (bicyclic) bond motifs is 1. The van der Waals surface area contributed by atoms with Gasteiger partial charge in [-0.1, -0.05) is 0 Å². The van der Waals surface area contributed by atoms with Gasteiger partial charge in [0.2, 0.25) is 0 Å². The van der Waals surface area contributed by atoms with Gasteiger partial charge in [-0.3, -0.25) is 19.4 Å². The minimum absolute atomic E-state index is 0.108. The summed E-state index contributed by atoms with van der Waals surface area (Å²) in [5.74, 6) is 0.812. The lowest BCUT2D eigenvalue weighted by molar-refractivity contribution is 0.0996. The van der Waals surface area contributed by atoms with Crippen LogP contribution in [0.3, 0.4) is 0 Å². The summed E-state index contributed by atoms with van der Waals surface area (Å²) in [6, 6.07) is 5.39. The highest BCUT2D eigenvalue weighted by Gasteiger charge is 2.31. The molecule has 4 rings (SSSR count). The SMILES string of the molecule is COc1cc(-c2ccc3c(n2)CN(c2cnn([C@H](C)N)c2)C3=O)cnc1OC. The molecule has 9 nitrogen and oxygen atoms in total. The highest BCUT2D eigenvalue weighted by molar-refractivity contribution is 6.09. The number of aromatic nitrogens is 4. The lowest BCUT2D eigenvalue weighted by Crippen LogP contribution is -2.22. The second-order valence-corrected chi connectivity index (χ2v) is 6.44. The Morgan fingerprint density at radius 1 is 1.21 bits per heavy atom. The molecule has 0 fully saturated rings. The van der Waals surface area contributed by atoms with E-state index in [1.807, 2.05) is 13.0 Å². The van der Waals surface area contributed by atoms with E-state index in [9.17, 15) is 4.79 Å². The number of rotatable bonds is 5. The maximum atomic E-state index is 12.8. The Morgan fingerprint density at radius 2 is 2.04 bits per heavy atom. The number of carbonyl (C=O) groups is 1. The topological polar surface area (TPSA) is 108 Å². The minimum Gasteiger partial charge on any atom is -0.491 e. The van der Waals surface area contributed by atoms with E-state index in [-0.39, 0.29) is 12.1 Å². The molecule has 3 aromatic heterocycles. The van der Waals surface area contributed by atoms with Crippen LogP contribution in [0, 0.1) is 0 Å². The molecular formula is C19H20N6O3. The summed E-state index contributed by atoms with van der Waals surface area (Å²) >= 11 is 0. The molecule has 1 aliphatic rings. The maximum Gasteiger partial charge on any atom is 0.260 e. The standard InChI is InChI=1S/C19H20N6O3/c1-11(20)25-9-13(8-22-25)24-10-16-14(19(24)26)4-5-15(23-16)12-6-17(27-2)18(28-3)21-7-12/h4-9,11H,10,20H2,1-3H3/t11-/m1/s1. The van der Waals surface area contributed by atoms with Gasteiger partial charge in [0.15, 0.2) is 5.75 Å². The lowest BCUT2D eigenvalue weighted by Gasteiger charge is -2.12. The van der Waals surface area contributed by atoms with Crippen LogP contribution in [0.4, 0.5) is 5.69 Å². The Kier molecular flexibility index (Phi) is 4.44. The number of ether oxygens (including phenoxy) is 2. The van der Waals surface area contributed by atoms with Crippen LogP contribution in [-0.4, -0.2) is 39.9 Å². The van der Waals surface area contributed by atoms with Gasteiger partial charge in [-0.05, 0) is 25.1 Å². The van der Waals surface area contributed by atoms with Crippen molar-refractivity contribution >= 4 is 11.6 Å². The summed E-state index contributed by atoms with van der Waals surface area (Å²) < 4.78 is 12.1. The van der Waals surface area contributed by atoms with Crippen LogP contribution < -0.4 is 20.1 Å². The Balaban J connectivity index is 1.65. The molecular weight excluding hydrogens is 360 g/mol. The van der Waals surface area contributed by atoms with Crippen LogP contribution >= 0.6 is 0 Å². The zero-order valence-corrected chi connectivity index (χ0v) is 15.8. The third-order valence-electron chi connectivity index (χ3n) is 4.60. The smallest absolute Gasteiger partial charge is 0.260 e. The zero-order chi connectivity index (χ0) is 19.8. The Hall–Kier alpha value is -3.46. The average Bonchev–Trinajstić information content (AvgIpc) is 3.32. The molecule has 0 radical (unpaired) electrons. The molecule has 0 aliphatic carbocycles. The number of amides is 1. The second kappa shape index (κ2) is 6.93. The van der Waals surface area contributed by atoms with Gasteiger partial charge >= 0.3 is 0 Å². The molecule has 0 aromatic carbocycles. The van der Waals surface area contributed by atoms with E-state index in [1.165, 1.54) is 7.11 Å². The average molecular weight is 380 g/mol. The van der Waals surface area contributed by atoms with Crippen molar-refractivity contribution in [2.75, 3.05) is 19.1 Å². The number of nitrogens with zero attached hydrogens (tertiary/aromatic N) is 5. The van der Waals surface area contributed by atoms with E-state index >= 15 is 0 Å². The van der Waals surface area contributed by atoms with Crippen molar-refractivity contribution in [3.05, 3.63) is 48.0 Å². The summed E-state index contributed by atoms with van der Waals surface area (Å²) in [4.78, 5) is 23.3. The highest BCUT2D eigenvalue weighted by Crippen LogP contribution is 2.32. The van der Waals surface area contributed by atoms with E-state index in [2.05, 4.69) is 15.1 Å². The Labute approximate surface area is 161 Å². The number of carbonyl (C=O) groups excluding carboxylic acids is 1. The van der Waals surface area contributed by atoms with E-state index in [0.29, 0.717) is 40.8 Å². The molecule has 0 bridgehead atoms. The van der Waals surface area contributed by atoms with Gasteiger partial charge in [-0.15, -0.1) is 0 Å². The molecule has 28 heavy (non-hydrogen) atoms. The number of methoxy groups -OCH3 is 2. The van der Waals surface area contributed by atoms with Gasteiger partial charge in [0.25, 0.3) is 11.8 Å². The zero-order valence-electron chi connectivity index (χ0n) is 15.8. The number of anilines is 1. The van der Waals surface area contributed by atoms with Gasteiger partial charge in [0.1, 0.15) is 0 Å². The van der Waals surface area contributed by atoms with E-state index < -0.39 is 0 Å². The van der Waals surface area contributed by atoms with Crippen molar-refractivity contribution in [3.63, 3.8) is 0 Å². The Morgan fingerprint density at radius 3 is 2.71 bits per heavy atom. The number of hydrogen-bond acceptors (Lipinski definition) is 7. The van der Waals surface area contributed by atoms with Crippen molar-refractivity contribution in [2.45, 2.75) is 19.6 Å². The molecule has 144 valence electrons. The predicted molar refractivity (Wildman–Crippen MR) is 102 cm³/mol. The first kappa shape index (κ1) is 17.9. The van der Waals surface area contributed by atoms with Crippen LogP contribution in [0.2, 0.25) is 0 Å².